The summed E-state index contributed by atoms with van der Waals surface area (Å²) in [6, 6.07) is 11.9. The highest BCUT2D eigenvalue weighted by molar-refractivity contribution is 5.92. The van der Waals surface area contributed by atoms with E-state index in [-0.39, 0.29) is 18.6 Å². The minimum atomic E-state index is -1.19. The van der Waals surface area contributed by atoms with Crippen LogP contribution in [0.15, 0.2) is 54.7 Å². The number of para-hydroxylation sites is 1. The number of aromatic amines is 1. The molecule has 0 aliphatic heterocycles. The molecule has 3 rings (SSSR count). The number of aromatic hydroxyl groups is 1. The molecule has 0 unspecified atom stereocenters. The van der Waals surface area contributed by atoms with E-state index in [1.807, 2.05) is 24.3 Å². The number of benzene rings is 2. The van der Waals surface area contributed by atoms with Gasteiger partial charge in [-0.05, 0) is 35.7 Å². The Kier molecular flexibility index (Phi) is 6.88. The second kappa shape index (κ2) is 9.77. The van der Waals surface area contributed by atoms with Crippen molar-refractivity contribution in [1.82, 2.24) is 15.6 Å². The highest BCUT2D eigenvalue weighted by atomic mass is 16.4. The van der Waals surface area contributed by atoms with Gasteiger partial charge in [0.2, 0.25) is 11.8 Å². The van der Waals surface area contributed by atoms with E-state index in [0.29, 0.717) is 0 Å². The number of carbonyl (C=O) groups excluding carboxylic acids is 2. The molecule has 1 aromatic heterocycles. The highest BCUT2D eigenvalue weighted by Crippen LogP contribution is 2.19. The van der Waals surface area contributed by atoms with Crippen LogP contribution in [0.4, 0.5) is 0 Å². The summed E-state index contributed by atoms with van der Waals surface area (Å²) in [7, 11) is 0. The Labute approximate surface area is 178 Å². The van der Waals surface area contributed by atoms with Crippen molar-refractivity contribution in [3.63, 3.8) is 0 Å². The summed E-state index contributed by atoms with van der Waals surface area (Å²) in [6.07, 6.45) is 2.13. The molecule has 0 fully saturated rings. The molecule has 0 bridgehead atoms. The summed E-state index contributed by atoms with van der Waals surface area (Å²) in [5, 5.41) is 24.1. The number of amides is 2. The number of phenolic OH excluding ortho intramolecular Hbond substituents is 1. The molecule has 3 aromatic rings. The van der Waals surface area contributed by atoms with Crippen LogP contribution >= 0.6 is 0 Å². The van der Waals surface area contributed by atoms with Gasteiger partial charge in [0, 0.05) is 23.5 Å². The summed E-state index contributed by atoms with van der Waals surface area (Å²) in [6.45, 7) is -0.557. The van der Waals surface area contributed by atoms with Gasteiger partial charge >= 0.3 is 5.97 Å². The van der Waals surface area contributed by atoms with Gasteiger partial charge in [-0.1, -0.05) is 30.3 Å². The number of phenols is 1. The summed E-state index contributed by atoms with van der Waals surface area (Å²) in [5.74, 6) is -2.23. The van der Waals surface area contributed by atoms with Gasteiger partial charge in [-0.25, -0.2) is 0 Å². The lowest BCUT2D eigenvalue weighted by molar-refractivity contribution is -0.138. The van der Waals surface area contributed by atoms with Gasteiger partial charge in [-0.2, -0.15) is 0 Å². The zero-order chi connectivity index (χ0) is 22.4. The Balaban J connectivity index is 1.73. The highest BCUT2D eigenvalue weighted by Gasteiger charge is 2.25. The molecule has 0 aliphatic rings. The maximum absolute atomic E-state index is 12.7. The minimum Gasteiger partial charge on any atom is -0.508 e. The first-order chi connectivity index (χ1) is 14.8. The van der Waals surface area contributed by atoms with Crippen LogP contribution in [0.25, 0.3) is 10.9 Å². The predicted octanol–water partition coefficient (Wildman–Crippen LogP) is 0.672. The molecule has 1 heterocycles. The third-order valence-corrected chi connectivity index (χ3v) is 4.87. The van der Waals surface area contributed by atoms with Crippen LogP contribution < -0.4 is 16.4 Å². The van der Waals surface area contributed by atoms with Gasteiger partial charge in [0.15, 0.2) is 0 Å². The fraction of sp³-hybridized carbons (Fsp3) is 0.227. The Bertz CT molecular complexity index is 1080. The molecule has 31 heavy (non-hydrogen) atoms. The molecular weight excluding hydrogens is 400 g/mol. The number of nitrogens with two attached hydrogens (primary N) is 1. The number of nitrogens with one attached hydrogen (secondary N) is 3. The van der Waals surface area contributed by atoms with Crippen LogP contribution in [0.2, 0.25) is 0 Å². The monoisotopic (exact) mass is 424 g/mol. The van der Waals surface area contributed by atoms with E-state index in [2.05, 4.69) is 15.6 Å². The molecule has 9 nitrogen and oxygen atoms in total. The topological polar surface area (TPSA) is 158 Å². The summed E-state index contributed by atoms with van der Waals surface area (Å²) >= 11 is 0. The van der Waals surface area contributed by atoms with Crippen LogP contribution in [-0.4, -0.2) is 51.6 Å². The van der Waals surface area contributed by atoms with Crippen LogP contribution in [0.5, 0.6) is 5.75 Å². The molecule has 2 amide bonds. The average molecular weight is 424 g/mol. The Morgan fingerprint density at radius 2 is 1.71 bits per heavy atom. The quantitative estimate of drug-likeness (QED) is 0.296. The van der Waals surface area contributed by atoms with E-state index < -0.39 is 36.4 Å². The number of hydrogen-bond acceptors (Lipinski definition) is 5. The summed E-state index contributed by atoms with van der Waals surface area (Å²) in [4.78, 5) is 39.2. The van der Waals surface area contributed by atoms with Crippen molar-refractivity contribution in [2.45, 2.75) is 24.9 Å². The lowest BCUT2D eigenvalue weighted by Crippen LogP contribution is -2.53. The Hall–Kier alpha value is -3.85. The van der Waals surface area contributed by atoms with Gasteiger partial charge in [0.1, 0.15) is 18.3 Å². The van der Waals surface area contributed by atoms with Gasteiger partial charge < -0.3 is 31.6 Å². The van der Waals surface area contributed by atoms with E-state index >= 15 is 0 Å². The van der Waals surface area contributed by atoms with Gasteiger partial charge in [-0.3, -0.25) is 14.4 Å². The van der Waals surface area contributed by atoms with Crippen LogP contribution in [-0.2, 0) is 27.2 Å². The van der Waals surface area contributed by atoms with Crippen molar-refractivity contribution in [2.24, 2.45) is 5.73 Å². The van der Waals surface area contributed by atoms with Gasteiger partial charge in [0.05, 0.1) is 6.04 Å². The molecule has 2 aromatic carbocycles. The van der Waals surface area contributed by atoms with E-state index in [1.54, 1.807) is 18.3 Å². The maximum atomic E-state index is 12.7. The lowest BCUT2D eigenvalue weighted by atomic mass is 10.0. The number of carboxylic acid groups (broad SMARTS) is 1. The first kappa shape index (κ1) is 21.8. The second-order valence-electron chi connectivity index (χ2n) is 7.21. The fourth-order valence-electron chi connectivity index (χ4n) is 3.27. The molecule has 7 N–H and O–H groups in total. The van der Waals surface area contributed by atoms with Gasteiger partial charge in [-0.15, -0.1) is 0 Å². The maximum Gasteiger partial charge on any atom is 0.322 e. The van der Waals surface area contributed by atoms with E-state index in [9.17, 15) is 19.5 Å². The molecule has 0 saturated carbocycles. The third kappa shape index (κ3) is 5.83. The summed E-state index contributed by atoms with van der Waals surface area (Å²) in [5.41, 5.74) is 8.46. The zero-order valence-corrected chi connectivity index (χ0v) is 16.7. The lowest BCUT2D eigenvalue weighted by Gasteiger charge is -2.20. The number of aromatic nitrogens is 1. The molecule has 2 atom stereocenters. The Morgan fingerprint density at radius 1 is 1.00 bits per heavy atom. The zero-order valence-electron chi connectivity index (χ0n) is 16.7. The van der Waals surface area contributed by atoms with Crippen molar-refractivity contribution in [3.05, 3.63) is 65.9 Å². The van der Waals surface area contributed by atoms with Crippen molar-refractivity contribution in [3.8, 4) is 5.75 Å². The minimum absolute atomic E-state index is 0.107. The number of aliphatic carboxylic acids is 1. The van der Waals surface area contributed by atoms with Gasteiger partial charge in [0.25, 0.3) is 0 Å². The first-order valence-electron chi connectivity index (χ1n) is 9.72. The third-order valence-electron chi connectivity index (χ3n) is 4.87. The van der Waals surface area contributed by atoms with Crippen molar-refractivity contribution >= 4 is 28.7 Å². The van der Waals surface area contributed by atoms with Crippen LogP contribution in [0.3, 0.4) is 0 Å². The average Bonchev–Trinajstić information content (AvgIpc) is 3.16. The summed E-state index contributed by atoms with van der Waals surface area (Å²) < 4.78 is 0. The smallest absolute Gasteiger partial charge is 0.322 e. The number of hydrogen-bond donors (Lipinski definition) is 6. The second-order valence-corrected chi connectivity index (χ2v) is 7.21. The van der Waals surface area contributed by atoms with Crippen LogP contribution in [0, 0.1) is 0 Å². The molecule has 0 aliphatic carbocycles. The fourth-order valence-corrected chi connectivity index (χ4v) is 3.27. The predicted molar refractivity (Wildman–Crippen MR) is 114 cm³/mol. The van der Waals surface area contributed by atoms with E-state index in [4.69, 9.17) is 10.8 Å². The largest absolute Gasteiger partial charge is 0.508 e. The van der Waals surface area contributed by atoms with E-state index in [0.717, 1.165) is 22.0 Å². The molecule has 0 spiro atoms. The molecular formula is C22H24N4O5. The SMILES string of the molecule is N[C@H](Cc1ccc(O)cc1)C(=O)N[C@@H](Cc1c[nH]c2ccccc12)C(=O)NCC(=O)O. The number of rotatable bonds is 9. The number of H-pyrrole nitrogens is 1. The number of carboxylic acids is 1. The number of fused-ring (bicyclic) bond motifs is 1. The van der Waals surface area contributed by atoms with Crippen molar-refractivity contribution in [1.29, 1.82) is 0 Å². The van der Waals surface area contributed by atoms with E-state index in [1.165, 1.54) is 12.1 Å². The molecule has 162 valence electrons. The normalized spacial score (nSPS) is 12.8. The molecule has 0 radical (unpaired) electrons. The van der Waals surface area contributed by atoms with Crippen molar-refractivity contribution < 1.29 is 24.6 Å². The first-order valence-corrected chi connectivity index (χ1v) is 9.72. The molecule has 0 saturated heterocycles. The Morgan fingerprint density at radius 3 is 2.42 bits per heavy atom. The standard InChI is InChI=1S/C22H24N4O5/c23-17(9-13-5-7-15(27)8-6-13)21(30)26-19(22(31)25-12-20(28)29)10-14-11-24-18-4-2-1-3-16(14)18/h1-8,11,17,19,24,27H,9-10,12,23H2,(H,25,31)(H,26,30)(H,28,29)/t17-,19+/m1/s1. The van der Waals surface area contributed by atoms with Crippen molar-refractivity contribution in [2.75, 3.05) is 6.54 Å². The number of carbonyl (C=O) groups is 3. The van der Waals surface area contributed by atoms with Crippen LogP contribution in [0.1, 0.15) is 11.1 Å². The molecule has 9 heteroatoms.